The van der Waals surface area contributed by atoms with E-state index in [9.17, 15) is 4.79 Å². The van der Waals surface area contributed by atoms with Gasteiger partial charge in [-0.15, -0.1) is 0 Å². The largest absolute Gasteiger partial charge is 0.333 e. The Morgan fingerprint density at radius 2 is 2.12 bits per heavy atom. The fourth-order valence-electron chi connectivity index (χ4n) is 2.16. The first kappa shape index (κ1) is 11.1. The summed E-state index contributed by atoms with van der Waals surface area (Å²) in [6, 6.07) is 0.472. The highest BCUT2D eigenvalue weighted by Crippen LogP contribution is 2.10. The molecule has 88 valence electrons. The van der Waals surface area contributed by atoms with Crippen molar-refractivity contribution in [2.45, 2.75) is 32.5 Å². The van der Waals surface area contributed by atoms with Crippen molar-refractivity contribution >= 4 is 5.91 Å². The summed E-state index contributed by atoms with van der Waals surface area (Å²) < 4.78 is 1.56. The van der Waals surface area contributed by atoms with E-state index in [1.54, 1.807) is 11.0 Å². The average Bonchev–Trinajstić information content (AvgIpc) is 2.70. The Morgan fingerprint density at radius 1 is 1.44 bits per heavy atom. The summed E-state index contributed by atoms with van der Waals surface area (Å²) in [6.45, 7) is 6.10. The molecule has 2 rings (SSSR count). The number of piperazine rings is 1. The van der Waals surface area contributed by atoms with E-state index in [1.165, 1.54) is 6.33 Å². The predicted octanol–water partition coefficient (Wildman–Crippen LogP) is -0.513. The summed E-state index contributed by atoms with van der Waals surface area (Å²) in [6.07, 6.45) is 3.01. The van der Waals surface area contributed by atoms with Gasteiger partial charge >= 0.3 is 0 Å². The minimum Gasteiger partial charge on any atom is -0.333 e. The van der Waals surface area contributed by atoms with Gasteiger partial charge in [0, 0.05) is 25.2 Å². The zero-order chi connectivity index (χ0) is 11.5. The molecule has 1 amide bonds. The Labute approximate surface area is 94.6 Å². The molecule has 1 aliphatic rings. The van der Waals surface area contributed by atoms with Crippen molar-refractivity contribution in [2.24, 2.45) is 0 Å². The van der Waals surface area contributed by atoms with Crippen LogP contribution in [0.4, 0.5) is 0 Å². The van der Waals surface area contributed by atoms with Crippen LogP contribution in [-0.4, -0.2) is 50.7 Å². The maximum absolute atomic E-state index is 12.1. The minimum atomic E-state index is 0.104. The molecular weight excluding hydrogens is 206 g/mol. The third kappa shape index (κ3) is 2.21. The lowest BCUT2D eigenvalue weighted by atomic mass is 10.1. The Kier molecular flexibility index (Phi) is 3.19. The molecule has 6 nitrogen and oxygen atoms in total. The topological polar surface area (TPSA) is 63.1 Å². The summed E-state index contributed by atoms with van der Waals surface area (Å²) in [7, 11) is 0. The zero-order valence-electron chi connectivity index (χ0n) is 9.63. The van der Waals surface area contributed by atoms with Gasteiger partial charge in [0.2, 0.25) is 5.91 Å². The summed E-state index contributed by atoms with van der Waals surface area (Å²) in [5.74, 6) is 0.104. The molecule has 1 aliphatic heterocycles. The molecule has 0 spiro atoms. The van der Waals surface area contributed by atoms with Gasteiger partial charge in [-0.2, -0.15) is 5.10 Å². The molecule has 2 atom stereocenters. The van der Waals surface area contributed by atoms with Crippen molar-refractivity contribution in [1.29, 1.82) is 0 Å². The van der Waals surface area contributed by atoms with E-state index in [4.69, 9.17) is 0 Å². The molecule has 1 fully saturated rings. The van der Waals surface area contributed by atoms with Gasteiger partial charge in [0.05, 0.1) is 0 Å². The van der Waals surface area contributed by atoms with Crippen LogP contribution in [0.1, 0.15) is 13.8 Å². The number of nitrogens with one attached hydrogen (secondary N) is 1. The molecular formula is C10H17N5O. The molecule has 1 N–H and O–H groups in total. The van der Waals surface area contributed by atoms with Crippen LogP contribution in [-0.2, 0) is 11.3 Å². The first-order valence-electron chi connectivity index (χ1n) is 5.53. The number of amides is 1. The highest BCUT2D eigenvalue weighted by atomic mass is 16.2. The maximum Gasteiger partial charge on any atom is 0.244 e. The molecule has 1 aromatic heterocycles. The standard InChI is InChI=1S/C10H17N5O/c1-8-3-11-4-9(2)15(8)10(16)5-14-7-12-6-13-14/h6-9,11H,3-5H2,1-2H3. The summed E-state index contributed by atoms with van der Waals surface area (Å²) in [4.78, 5) is 17.9. The monoisotopic (exact) mass is 223 g/mol. The van der Waals surface area contributed by atoms with Crippen LogP contribution >= 0.6 is 0 Å². The van der Waals surface area contributed by atoms with Gasteiger partial charge < -0.3 is 10.2 Å². The molecule has 2 unspecified atom stereocenters. The van der Waals surface area contributed by atoms with Crippen molar-refractivity contribution in [1.82, 2.24) is 25.0 Å². The van der Waals surface area contributed by atoms with E-state index in [0.29, 0.717) is 0 Å². The molecule has 0 aliphatic carbocycles. The van der Waals surface area contributed by atoms with Crippen molar-refractivity contribution in [2.75, 3.05) is 13.1 Å². The van der Waals surface area contributed by atoms with Gasteiger partial charge in [0.15, 0.2) is 0 Å². The van der Waals surface area contributed by atoms with E-state index in [0.717, 1.165) is 13.1 Å². The number of aromatic nitrogens is 3. The second-order valence-electron chi connectivity index (χ2n) is 4.25. The molecule has 16 heavy (non-hydrogen) atoms. The maximum atomic E-state index is 12.1. The van der Waals surface area contributed by atoms with E-state index < -0.39 is 0 Å². The fourth-order valence-corrected chi connectivity index (χ4v) is 2.16. The van der Waals surface area contributed by atoms with Gasteiger partial charge in [0.1, 0.15) is 19.2 Å². The quantitative estimate of drug-likeness (QED) is 0.733. The number of hydrogen-bond acceptors (Lipinski definition) is 4. The summed E-state index contributed by atoms with van der Waals surface area (Å²) in [5.41, 5.74) is 0. The van der Waals surface area contributed by atoms with Crippen LogP contribution < -0.4 is 5.32 Å². The molecule has 1 saturated heterocycles. The lowest BCUT2D eigenvalue weighted by Crippen LogP contribution is -2.57. The number of rotatable bonds is 2. The molecule has 1 aromatic rings. The van der Waals surface area contributed by atoms with Gasteiger partial charge in [-0.1, -0.05) is 0 Å². The smallest absolute Gasteiger partial charge is 0.244 e. The van der Waals surface area contributed by atoms with Crippen molar-refractivity contribution in [3.63, 3.8) is 0 Å². The predicted molar refractivity (Wildman–Crippen MR) is 58.7 cm³/mol. The van der Waals surface area contributed by atoms with Crippen molar-refractivity contribution in [3.05, 3.63) is 12.7 Å². The summed E-state index contributed by atoms with van der Waals surface area (Å²) in [5, 5.41) is 7.24. The normalized spacial score (nSPS) is 25.8. The van der Waals surface area contributed by atoms with E-state index in [-0.39, 0.29) is 24.5 Å². The molecule has 6 heteroatoms. The minimum absolute atomic E-state index is 0.104. The Hall–Kier alpha value is -1.43. The molecule has 0 saturated carbocycles. The highest BCUT2D eigenvalue weighted by Gasteiger charge is 2.28. The van der Waals surface area contributed by atoms with Crippen LogP contribution in [0.3, 0.4) is 0 Å². The third-order valence-electron chi connectivity index (χ3n) is 2.88. The van der Waals surface area contributed by atoms with Gasteiger partial charge in [-0.3, -0.25) is 4.79 Å². The van der Waals surface area contributed by atoms with Crippen LogP contribution in [0.5, 0.6) is 0 Å². The zero-order valence-corrected chi connectivity index (χ0v) is 9.63. The summed E-state index contributed by atoms with van der Waals surface area (Å²) >= 11 is 0. The molecule has 0 bridgehead atoms. The van der Waals surface area contributed by atoms with Gasteiger partial charge in [0.25, 0.3) is 0 Å². The first-order valence-corrected chi connectivity index (χ1v) is 5.53. The van der Waals surface area contributed by atoms with Gasteiger partial charge in [-0.05, 0) is 13.8 Å². The second-order valence-corrected chi connectivity index (χ2v) is 4.25. The Bertz CT molecular complexity index is 340. The number of carbonyl (C=O) groups is 1. The van der Waals surface area contributed by atoms with Gasteiger partial charge in [-0.25, -0.2) is 9.67 Å². The van der Waals surface area contributed by atoms with Crippen LogP contribution in [0.2, 0.25) is 0 Å². The Morgan fingerprint density at radius 3 is 2.69 bits per heavy atom. The SMILES string of the molecule is CC1CNCC(C)N1C(=O)Cn1cncn1. The fraction of sp³-hybridized carbons (Fsp3) is 0.700. The van der Waals surface area contributed by atoms with Crippen LogP contribution in [0.25, 0.3) is 0 Å². The molecule has 2 heterocycles. The van der Waals surface area contributed by atoms with Crippen molar-refractivity contribution < 1.29 is 4.79 Å². The van der Waals surface area contributed by atoms with E-state index in [1.807, 2.05) is 4.90 Å². The number of hydrogen-bond donors (Lipinski definition) is 1. The molecule has 0 radical (unpaired) electrons. The lowest BCUT2D eigenvalue weighted by Gasteiger charge is -2.39. The average molecular weight is 223 g/mol. The number of nitrogens with zero attached hydrogens (tertiary/aromatic N) is 4. The second kappa shape index (κ2) is 4.61. The van der Waals surface area contributed by atoms with Crippen LogP contribution in [0.15, 0.2) is 12.7 Å². The lowest BCUT2D eigenvalue weighted by molar-refractivity contribution is -0.137. The van der Waals surface area contributed by atoms with E-state index >= 15 is 0 Å². The Balaban J connectivity index is 2.02. The van der Waals surface area contributed by atoms with Crippen molar-refractivity contribution in [3.8, 4) is 0 Å². The highest BCUT2D eigenvalue weighted by molar-refractivity contribution is 5.76. The van der Waals surface area contributed by atoms with Crippen LogP contribution in [0, 0.1) is 0 Å². The third-order valence-corrected chi connectivity index (χ3v) is 2.88. The first-order chi connectivity index (χ1) is 7.68. The van der Waals surface area contributed by atoms with E-state index in [2.05, 4.69) is 29.2 Å². The number of carbonyl (C=O) groups excluding carboxylic acids is 1. The molecule has 0 aromatic carbocycles.